The Hall–Kier alpha value is -3.46. The van der Waals surface area contributed by atoms with Crippen molar-refractivity contribution in [2.45, 2.75) is 20.8 Å². The predicted molar refractivity (Wildman–Crippen MR) is 93.3 cm³/mol. The number of aromatic nitrogens is 4. The van der Waals surface area contributed by atoms with Crippen molar-refractivity contribution in [1.29, 1.82) is 5.26 Å². The number of aryl methyl sites for hydroxylation is 3. The van der Waals surface area contributed by atoms with Gasteiger partial charge in [-0.25, -0.2) is 4.98 Å². The first-order valence-electron chi connectivity index (χ1n) is 7.87. The highest BCUT2D eigenvalue weighted by Crippen LogP contribution is 2.32. The third kappa shape index (κ3) is 2.29. The fourth-order valence-electron chi connectivity index (χ4n) is 3.15. The van der Waals surface area contributed by atoms with Crippen molar-refractivity contribution in [3.8, 4) is 23.1 Å². The fraction of sp³-hybridized carbons (Fsp3) is 0.158. The van der Waals surface area contributed by atoms with Crippen molar-refractivity contribution < 1.29 is 4.42 Å². The molecule has 2 aromatic carbocycles. The van der Waals surface area contributed by atoms with E-state index in [1.807, 2.05) is 16.7 Å². The number of rotatable bonds is 2. The molecule has 0 spiro atoms. The van der Waals surface area contributed by atoms with E-state index in [1.165, 1.54) is 0 Å². The number of fused-ring (bicyclic) bond motifs is 1. The molecule has 0 bridgehead atoms. The summed E-state index contributed by atoms with van der Waals surface area (Å²) < 4.78 is 7.58. The first kappa shape index (κ1) is 15.1. The highest BCUT2D eigenvalue weighted by molar-refractivity contribution is 5.92. The van der Waals surface area contributed by atoms with Crippen LogP contribution in [0, 0.1) is 32.1 Å². The van der Waals surface area contributed by atoms with Gasteiger partial charge in [0.25, 0.3) is 0 Å². The van der Waals surface area contributed by atoms with Gasteiger partial charge in [0.15, 0.2) is 17.3 Å². The minimum atomic E-state index is 0.456. The zero-order chi connectivity index (χ0) is 17.6. The number of nitriles is 1. The second-order valence-electron chi connectivity index (χ2n) is 5.95. The maximum Gasteiger partial charge on any atom is 0.192 e. The lowest BCUT2D eigenvalue weighted by Gasteiger charge is -2.13. The zero-order valence-corrected chi connectivity index (χ0v) is 14.1. The van der Waals surface area contributed by atoms with E-state index in [9.17, 15) is 5.26 Å². The summed E-state index contributed by atoms with van der Waals surface area (Å²) in [5, 5.41) is 17.7. The van der Waals surface area contributed by atoms with Crippen LogP contribution in [0.5, 0.6) is 0 Å². The van der Waals surface area contributed by atoms with Crippen molar-refractivity contribution in [1.82, 2.24) is 19.7 Å². The predicted octanol–water partition coefficient (Wildman–Crippen LogP) is 3.87. The van der Waals surface area contributed by atoms with E-state index in [0.717, 1.165) is 22.4 Å². The molecule has 2 heterocycles. The topological polar surface area (TPSA) is 80.5 Å². The molecule has 0 amide bonds. The maximum absolute atomic E-state index is 9.30. The average Bonchev–Trinajstić information content (AvgIpc) is 3.20. The molecule has 4 rings (SSSR count). The van der Waals surface area contributed by atoms with Gasteiger partial charge < -0.3 is 4.42 Å². The normalized spacial score (nSPS) is 11.0. The van der Waals surface area contributed by atoms with Crippen molar-refractivity contribution >= 4 is 11.1 Å². The van der Waals surface area contributed by atoms with E-state index in [0.29, 0.717) is 28.4 Å². The Kier molecular flexibility index (Phi) is 3.36. The van der Waals surface area contributed by atoms with Crippen LogP contribution in [0.1, 0.15) is 22.6 Å². The van der Waals surface area contributed by atoms with Gasteiger partial charge in [-0.2, -0.15) is 5.26 Å². The number of hydrogen-bond acceptors (Lipinski definition) is 5. The van der Waals surface area contributed by atoms with E-state index in [1.54, 1.807) is 19.3 Å². The minimum Gasteiger partial charge on any atom is -0.440 e. The standard InChI is InChI=1S/C19H15N5O/c1-11-5-4-6-12(2)17(11)24-10-21-23-19(24)15-8-7-14(9-20)18-16(15)22-13(3)25-18/h4-8,10H,1-3H3. The molecule has 25 heavy (non-hydrogen) atoms. The van der Waals surface area contributed by atoms with Gasteiger partial charge in [-0.05, 0) is 37.1 Å². The van der Waals surface area contributed by atoms with E-state index < -0.39 is 0 Å². The van der Waals surface area contributed by atoms with Crippen LogP contribution in [-0.4, -0.2) is 19.7 Å². The Morgan fingerprint density at radius 1 is 1.08 bits per heavy atom. The number of hydrogen-bond donors (Lipinski definition) is 0. The van der Waals surface area contributed by atoms with Crippen molar-refractivity contribution in [3.05, 3.63) is 59.2 Å². The van der Waals surface area contributed by atoms with Crippen LogP contribution in [-0.2, 0) is 0 Å². The van der Waals surface area contributed by atoms with Crippen LogP contribution in [0.25, 0.3) is 28.2 Å². The fourth-order valence-corrected chi connectivity index (χ4v) is 3.15. The number of nitrogens with zero attached hydrogens (tertiary/aromatic N) is 5. The van der Waals surface area contributed by atoms with Crippen molar-refractivity contribution in [2.75, 3.05) is 0 Å². The summed E-state index contributed by atoms with van der Waals surface area (Å²) in [5.74, 6) is 1.18. The van der Waals surface area contributed by atoms with Gasteiger partial charge in [0.1, 0.15) is 17.9 Å². The van der Waals surface area contributed by atoms with Crippen LogP contribution in [0.2, 0.25) is 0 Å². The Labute approximate surface area is 144 Å². The van der Waals surface area contributed by atoms with Gasteiger partial charge in [0.2, 0.25) is 0 Å². The first-order chi connectivity index (χ1) is 12.1. The van der Waals surface area contributed by atoms with Gasteiger partial charge in [-0.1, -0.05) is 18.2 Å². The van der Waals surface area contributed by atoms with E-state index in [2.05, 4.69) is 47.2 Å². The number of para-hydroxylation sites is 1. The number of benzene rings is 2. The molecule has 0 atom stereocenters. The third-order valence-electron chi connectivity index (χ3n) is 4.24. The lowest BCUT2D eigenvalue weighted by Crippen LogP contribution is -2.02. The monoisotopic (exact) mass is 329 g/mol. The second-order valence-corrected chi connectivity index (χ2v) is 5.95. The highest BCUT2D eigenvalue weighted by atomic mass is 16.3. The molecule has 6 heteroatoms. The summed E-state index contributed by atoms with van der Waals surface area (Å²) in [4.78, 5) is 4.46. The maximum atomic E-state index is 9.30. The van der Waals surface area contributed by atoms with Crippen LogP contribution in [0.15, 0.2) is 41.1 Å². The molecule has 2 aromatic heterocycles. The minimum absolute atomic E-state index is 0.456. The van der Waals surface area contributed by atoms with Gasteiger partial charge in [0.05, 0.1) is 11.3 Å². The lowest BCUT2D eigenvalue weighted by atomic mass is 10.1. The van der Waals surface area contributed by atoms with Crippen molar-refractivity contribution in [2.24, 2.45) is 0 Å². The van der Waals surface area contributed by atoms with E-state index >= 15 is 0 Å². The van der Waals surface area contributed by atoms with Crippen LogP contribution < -0.4 is 0 Å². The van der Waals surface area contributed by atoms with Gasteiger partial charge in [0, 0.05) is 12.5 Å². The molecule has 0 fully saturated rings. The molecule has 0 saturated carbocycles. The highest BCUT2D eigenvalue weighted by Gasteiger charge is 2.19. The summed E-state index contributed by atoms with van der Waals surface area (Å²) in [6, 6.07) is 11.9. The molecule has 0 aliphatic rings. The average molecular weight is 329 g/mol. The van der Waals surface area contributed by atoms with Gasteiger partial charge in [-0.15, -0.1) is 10.2 Å². The summed E-state index contributed by atoms with van der Waals surface area (Å²) in [6.45, 7) is 5.88. The molecule has 122 valence electrons. The SMILES string of the molecule is Cc1nc2c(-c3nncn3-c3c(C)cccc3C)ccc(C#N)c2o1. The molecule has 0 unspecified atom stereocenters. The summed E-state index contributed by atoms with van der Waals surface area (Å²) >= 11 is 0. The molecular formula is C19H15N5O. The van der Waals surface area contributed by atoms with Crippen molar-refractivity contribution in [3.63, 3.8) is 0 Å². The molecular weight excluding hydrogens is 314 g/mol. The largest absolute Gasteiger partial charge is 0.440 e. The summed E-state index contributed by atoms with van der Waals surface area (Å²) in [7, 11) is 0. The quantitative estimate of drug-likeness (QED) is 0.557. The molecule has 0 aliphatic heterocycles. The van der Waals surface area contributed by atoms with Crippen LogP contribution >= 0.6 is 0 Å². The molecule has 6 nitrogen and oxygen atoms in total. The lowest BCUT2D eigenvalue weighted by molar-refractivity contribution is 0.560. The van der Waals surface area contributed by atoms with Crippen LogP contribution in [0.3, 0.4) is 0 Å². The second kappa shape index (κ2) is 5.56. The van der Waals surface area contributed by atoms with Crippen LogP contribution in [0.4, 0.5) is 0 Å². The zero-order valence-electron chi connectivity index (χ0n) is 14.1. The molecule has 0 saturated heterocycles. The Morgan fingerprint density at radius 3 is 2.56 bits per heavy atom. The molecule has 4 aromatic rings. The first-order valence-corrected chi connectivity index (χ1v) is 7.87. The van der Waals surface area contributed by atoms with E-state index in [4.69, 9.17) is 4.42 Å². The Balaban J connectivity index is 2.02. The third-order valence-corrected chi connectivity index (χ3v) is 4.24. The summed E-state index contributed by atoms with van der Waals surface area (Å²) in [5.41, 5.74) is 5.64. The molecule has 0 N–H and O–H groups in total. The Bertz CT molecular complexity index is 1130. The summed E-state index contributed by atoms with van der Waals surface area (Å²) in [6.07, 6.45) is 1.70. The van der Waals surface area contributed by atoms with Gasteiger partial charge in [-0.3, -0.25) is 4.57 Å². The van der Waals surface area contributed by atoms with E-state index in [-0.39, 0.29) is 0 Å². The Morgan fingerprint density at radius 2 is 1.84 bits per heavy atom. The molecule has 0 aliphatic carbocycles. The number of oxazole rings is 1. The smallest absolute Gasteiger partial charge is 0.192 e. The van der Waals surface area contributed by atoms with Gasteiger partial charge >= 0.3 is 0 Å². The molecule has 0 radical (unpaired) electrons.